The second kappa shape index (κ2) is 5.74. The van der Waals surface area contributed by atoms with Gasteiger partial charge in [-0.05, 0) is 42.5 Å². The van der Waals surface area contributed by atoms with Crippen molar-refractivity contribution in [3.63, 3.8) is 0 Å². The Bertz CT molecular complexity index is 303. The first-order valence-corrected chi connectivity index (χ1v) is 5.96. The maximum Gasteiger partial charge on any atom is 0.0424 e. The molecule has 0 radical (unpaired) electrons. The highest BCUT2D eigenvalue weighted by atomic mass is 35.5. The lowest BCUT2D eigenvalue weighted by Gasteiger charge is -2.14. The van der Waals surface area contributed by atoms with Gasteiger partial charge in [-0.3, -0.25) is 0 Å². The number of hydrogen-bond donors (Lipinski definition) is 1. The fourth-order valence-electron chi connectivity index (χ4n) is 1.47. The van der Waals surface area contributed by atoms with Crippen molar-refractivity contribution in [2.75, 3.05) is 0 Å². The molecule has 0 amide bonds. The van der Waals surface area contributed by atoms with E-state index in [4.69, 9.17) is 28.9 Å². The average molecular weight is 246 g/mol. The van der Waals surface area contributed by atoms with Crippen molar-refractivity contribution in [2.45, 2.75) is 32.7 Å². The van der Waals surface area contributed by atoms with Crippen LogP contribution in [0.25, 0.3) is 0 Å². The van der Waals surface area contributed by atoms with Crippen molar-refractivity contribution in [3.05, 3.63) is 33.8 Å². The van der Waals surface area contributed by atoms with Crippen molar-refractivity contribution >= 4 is 23.2 Å². The minimum atomic E-state index is 0.0311. The van der Waals surface area contributed by atoms with Gasteiger partial charge < -0.3 is 5.73 Å². The molecule has 0 aliphatic heterocycles. The van der Waals surface area contributed by atoms with Crippen molar-refractivity contribution in [1.82, 2.24) is 0 Å². The minimum absolute atomic E-state index is 0.0311. The molecule has 0 fully saturated rings. The molecule has 1 rings (SSSR count). The van der Waals surface area contributed by atoms with Gasteiger partial charge in [-0.2, -0.15) is 0 Å². The fraction of sp³-hybridized carbons (Fsp3) is 0.500. The van der Waals surface area contributed by atoms with Gasteiger partial charge in [0.25, 0.3) is 0 Å². The molecule has 15 heavy (non-hydrogen) atoms. The summed E-state index contributed by atoms with van der Waals surface area (Å²) in [5, 5.41) is 1.30. The van der Waals surface area contributed by atoms with Crippen molar-refractivity contribution < 1.29 is 0 Å². The van der Waals surface area contributed by atoms with Crippen molar-refractivity contribution in [2.24, 2.45) is 11.7 Å². The Kier molecular flexibility index (Phi) is 4.91. The molecular weight excluding hydrogens is 229 g/mol. The summed E-state index contributed by atoms with van der Waals surface area (Å²) in [5.41, 5.74) is 7.09. The first-order valence-electron chi connectivity index (χ1n) is 5.20. The third-order valence-corrected chi connectivity index (χ3v) is 2.80. The van der Waals surface area contributed by atoms with Gasteiger partial charge in [0.2, 0.25) is 0 Å². The molecule has 0 spiro atoms. The van der Waals surface area contributed by atoms with Crippen molar-refractivity contribution in [1.29, 1.82) is 0 Å². The van der Waals surface area contributed by atoms with Crippen LogP contribution in [0.1, 0.15) is 38.3 Å². The van der Waals surface area contributed by atoms with Crippen LogP contribution in [0.2, 0.25) is 10.0 Å². The maximum atomic E-state index is 6.06. The zero-order chi connectivity index (χ0) is 11.4. The van der Waals surface area contributed by atoms with E-state index in [0.717, 1.165) is 18.4 Å². The Morgan fingerprint density at radius 1 is 1.07 bits per heavy atom. The van der Waals surface area contributed by atoms with E-state index >= 15 is 0 Å². The SMILES string of the molecule is CC(C)CC[C@@H](N)c1cc(Cl)cc(Cl)c1. The summed E-state index contributed by atoms with van der Waals surface area (Å²) in [6.45, 7) is 4.38. The zero-order valence-corrected chi connectivity index (χ0v) is 10.6. The highest BCUT2D eigenvalue weighted by molar-refractivity contribution is 6.34. The topological polar surface area (TPSA) is 26.0 Å². The summed E-state index contributed by atoms with van der Waals surface area (Å²) in [7, 11) is 0. The summed E-state index contributed by atoms with van der Waals surface area (Å²) in [6.07, 6.45) is 2.08. The van der Waals surface area contributed by atoms with Crippen LogP contribution >= 0.6 is 23.2 Å². The molecule has 0 heterocycles. The molecule has 1 aromatic rings. The van der Waals surface area contributed by atoms with Crippen LogP contribution in [-0.2, 0) is 0 Å². The van der Waals surface area contributed by atoms with Crippen LogP contribution in [0.5, 0.6) is 0 Å². The molecule has 0 aliphatic rings. The summed E-state index contributed by atoms with van der Waals surface area (Å²) in [5.74, 6) is 0.672. The molecule has 84 valence electrons. The molecule has 1 atom stereocenters. The van der Waals surface area contributed by atoms with Gasteiger partial charge in [-0.1, -0.05) is 37.0 Å². The normalized spacial score (nSPS) is 13.2. The Balaban J connectivity index is 2.68. The van der Waals surface area contributed by atoms with E-state index in [0.29, 0.717) is 16.0 Å². The number of rotatable bonds is 4. The molecule has 1 aromatic carbocycles. The quantitative estimate of drug-likeness (QED) is 0.835. The van der Waals surface area contributed by atoms with E-state index < -0.39 is 0 Å². The standard InChI is InChI=1S/C12H17Cl2N/c1-8(2)3-4-12(15)9-5-10(13)7-11(14)6-9/h5-8,12H,3-4,15H2,1-2H3/t12-/m1/s1. The first kappa shape index (κ1) is 12.8. The number of nitrogens with two attached hydrogens (primary N) is 1. The third-order valence-electron chi connectivity index (χ3n) is 2.37. The predicted octanol–water partition coefficient (Wildman–Crippen LogP) is 4.43. The van der Waals surface area contributed by atoms with E-state index in [1.165, 1.54) is 0 Å². The lowest BCUT2D eigenvalue weighted by Crippen LogP contribution is -2.11. The zero-order valence-electron chi connectivity index (χ0n) is 9.13. The summed E-state index contributed by atoms with van der Waals surface area (Å²) >= 11 is 11.8. The van der Waals surface area contributed by atoms with Crippen LogP contribution in [-0.4, -0.2) is 0 Å². The fourth-order valence-corrected chi connectivity index (χ4v) is 2.01. The summed E-state index contributed by atoms with van der Waals surface area (Å²) in [4.78, 5) is 0. The third kappa shape index (κ3) is 4.42. The molecule has 3 heteroatoms. The maximum absolute atomic E-state index is 6.06. The number of halogens is 2. The van der Waals surface area contributed by atoms with E-state index in [9.17, 15) is 0 Å². The summed E-state index contributed by atoms with van der Waals surface area (Å²) < 4.78 is 0. The lowest BCUT2D eigenvalue weighted by atomic mass is 9.98. The van der Waals surface area contributed by atoms with Crippen LogP contribution in [0.15, 0.2) is 18.2 Å². The molecule has 0 saturated heterocycles. The van der Waals surface area contributed by atoms with E-state index in [1.54, 1.807) is 6.07 Å². The second-order valence-electron chi connectivity index (χ2n) is 4.28. The van der Waals surface area contributed by atoms with Crippen LogP contribution in [0, 0.1) is 5.92 Å². The van der Waals surface area contributed by atoms with E-state index in [2.05, 4.69) is 13.8 Å². The average Bonchev–Trinajstić information content (AvgIpc) is 2.12. The molecule has 1 nitrogen and oxygen atoms in total. The largest absolute Gasteiger partial charge is 0.324 e. The molecule has 0 bridgehead atoms. The van der Waals surface area contributed by atoms with Crippen LogP contribution < -0.4 is 5.73 Å². The first-order chi connectivity index (χ1) is 6.99. The summed E-state index contributed by atoms with van der Waals surface area (Å²) in [6, 6.07) is 5.53. The molecule has 0 aromatic heterocycles. The van der Waals surface area contributed by atoms with Gasteiger partial charge in [-0.15, -0.1) is 0 Å². The minimum Gasteiger partial charge on any atom is -0.324 e. The van der Waals surface area contributed by atoms with Gasteiger partial charge >= 0.3 is 0 Å². The van der Waals surface area contributed by atoms with Crippen molar-refractivity contribution in [3.8, 4) is 0 Å². The van der Waals surface area contributed by atoms with Gasteiger partial charge in [0, 0.05) is 16.1 Å². The smallest absolute Gasteiger partial charge is 0.0424 e. The lowest BCUT2D eigenvalue weighted by molar-refractivity contribution is 0.507. The Morgan fingerprint density at radius 3 is 2.07 bits per heavy atom. The molecule has 0 aliphatic carbocycles. The highest BCUT2D eigenvalue weighted by Gasteiger charge is 2.08. The molecule has 0 unspecified atom stereocenters. The predicted molar refractivity (Wildman–Crippen MR) is 67.5 cm³/mol. The van der Waals surface area contributed by atoms with E-state index in [-0.39, 0.29) is 6.04 Å². The Hall–Kier alpha value is -0.240. The monoisotopic (exact) mass is 245 g/mol. The number of benzene rings is 1. The second-order valence-corrected chi connectivity index (χ2v) is 5.15. The molecule has 2 N–H and O–H groups in total. The van der Waals surface area contributed by atoms with Crippen LogP contribution in [0.4, 0.5) is 0 Å². The van der Waals surface area contributed by atoms with Gasteiger partial charge in [0.1, 0.15) is 0 Å². The molecule has 0 saturated carbocycles. The van der Waals surface area contributed by atoms with Gasteiger partial charge in [0.05, 0.1) is 0 Å². The van der Waals surface area contributed by atoms with Crippen LogP contribution in [0.3, 0.4) is 0 Å². The highest BCUT2D eigenvalue weighted by Crippen LogP contribution is 2.25. The van der Waals surface area contributed by atoms with Gasteiger partial charge in [0.15, 0.2) is 0 Å². The Labute approximate surface area is 102 Å². The van der Waals surface area contributed by atoms with Gasteiger partial charge in [-0.25, -0.2) is 0 Å². The van der Waals surface area contributed by atoms with E-state index in [1.807, 2.05) is 12.1 Å². The Morgan fingerprint density at radius 2 is 1.60 bits per heavy atom. The number of hydrogen-bond acceptors (Lipinski definition) is 1. The molecular formula is C12H17Cl2N.